The molecule has 1 aliphatic rings. The minimum atomic E-state index is -3.75. The van der Waals surface area contributed by atoms with Gasteiger partial charge in [-0.25, -0.2) is 12.7 Å². The Labute approximate surface area is 134 Å². The third-order valence-corrected chi connectivity index (χ3v) is 5.95. The summed E-state index contributed by atoms with van der Waals surface area (Å²) >= 11 is 0. The Balaban J connectivity index is 2.19. The lowest BCUT2D eigenvalue weighted by molar-refractivity contribution is -0.143. The zero-order chi connectivity index (χ0) is 17.3. The van der Waals surface area contributed by atoms with Crippen LogP contribution in [-0.2, 0) is 29.8 Å². The van der Waals surface area contributed by atoms with Crippen LogP contribution in [0.25, 0.3) is 0 Å². The highest BCUT2D eigenvalue weighted by molar-refractivity contribution is 7.89. The predicted octanol–water partition coefficient (Wildman–Crippen LogP) is 0.986. The van der Waals surface area contributed by atoms with E-state index in [0.717, 1.165) is 9.87 Å². The molecule has 126 valence electrons. The molecule has 7 nitrogen and oxygen atoms in total. The van der Waals surface area contributed by atoms with Crippen molar-refractivity contribution in [1.82, 2.24) is 4.31 Å². The molecule has 0 unspecified atom stereocenters. The van der Waals surface area contributed by atoms with Crippen molar-refractivity contribution in [1.29, 1.82) is 0 Å². The smallest absolute Gasteiger partial charge is 0.316 e. The number of carbonyl (C=O) groups is 2. The molecule has 0 aliphatic heterocycles. The SMILES string of the molecule is COC(=O)C1(c2ccc(S(=O)(=O)N(C)CCC(=O)O)cc2)CC1. The number of nitrogens with zero attached hydrogens (tertiary/aromatic N) is 1. The Kier molecular flexibility index (Phi) is 4.76. The fourth-order valence-corrected chi connectivity index (χ4v) is 3.60. The van der Waals surface area contributed by atoms with E-state index >= 15 is 0 Å². The first kappa shape index (κ1) is 17.4. The molecule has 1 aromatic rings. The van der Waals surface area contributed by atoms with Crippen LogP contribution in [0.5, 0.6) is 0 Å². The maximum absolute atomic E-state index is 12.4. The quantitative estimate of drug-likeness (QED) is 0.742. The number of aliphatic carboxylic acids is 1. The third kappa shape index (κ3) is 3.37. The summed E-state index contributed by atoms with van der Waals surface area (Å²) < 4.78 is 30.5. The highest BCUT2D eigenvalue weighted by Gasteiger charge is 2.52. The van der Waals surface area contributed by atoms with Gasteiger partial charge in [-0.15, -0.1) is 0 Å². The maximum Gasteiger partial charge on any atom is 0.316 e. The lowest BCUT2D eigenvalue weighted by Gasteiger charge is -2.17. The van der Waals surface area contributed by atoms with Crippen LogP contribution < -0.4 is 0 Å². The van der Waals surface area contributed by atoms with Crippen LogP contribution in [0.15, 0.2) is 29.2 Å². The summed E-state index contributed by atoms with van der Waals surface area (Å²) in [6.07, 6.45) is 1.10. The molecule has 1 aromatic carbocycles. The molecule has 1 N–H and O–H groups in total. The van der Waals surface area contributed by atoms with E-state index in [-0.39, 0.29) is 23.8 Å². The number of rotatable bonds is 7. The van der Waals surface area contributed by atoms with Crippen LogP contribution in [0.1, 0.15) is 24.8 Å². The van der Waals surface area contributed by atoms with Crippen LogP contribution >= 0.6 is 0 Å². The standard InChI is InChI=1S/C15H19NO6S/c1-16(10-7-13(17)18)23(20,21)12-5-3-11(4-6-12)15(8-9-15)14(19)22-2/h3-6H,7-10H2,1-2H3,(H,17,18). The van der Waals surface area contributed by atoms with Crippen molar-refractivity contribution in [3.05, 3.63) is 29.8 Å². The Morgan fingerprint density at radius 1 is 1.26 bits per heavy atom. The topological polar surface area (TPSA) is 101 Å². The van der Waals surface area contributed by atoms with Crippen molar-refractivity contribution < 1.29 is 27.9 Å². The van der Waals surface area contributed by atoms with Crippen LogP contribution in [0.3, 0.4) is 0 Å². The summed E-state index contributed by atoms with van der Waals surface area (Å²) in [5.74, 6) is -1.37. The number of carboxylic acids is 1. The van der Waals surface area contributed by atoms with Crippen LogP contribution in [-0.4, -0.2) is 50.5 Å². The number of sulfonamides is 1. The highest BCUT2D eigenvalue weighted by atomic mass is 32.2. The Bertz CT molecular complexity index is 706. The lowest BCUT2D eigenvalue weighted by Crippen LogP contribution is -2.29. The van der Waals surface area contributed by atoms with Gasteiger partial charge in [0, 0.05) is 13.6 Å². The van der Waals surface area contributed by atoms with Gasteiger partial charge in [0.05, 0.1) is 23.8 Å². The molecular weight excluding hydrogens is 322 g/mol. The number of hydrogen-bond acceptors (Lipinski definition) is 5. The molecule has 0 bridgehead atoms. The number of benzene rings is 1. The molecule has 1 aliphatic carbocycles. The molecule has 2 rings (SSSR count). The van der Waals surface area contributed by atoms with Crippen molar-refractivity contribution in [2.45, 2.75) is 29.6 Å². The van der Waals surface area contributed by atoms with Crippen LogP contribution in [0.4, 0.5) is 0 Å². The van der Waals surface area contributed by atoms with E-state index in [1.165, 1.54) is 26.3 Å². The first-order valence-electron chi connectivity index (χ1n) is 7.11. The van der Waals surface area contributed by atoms with E-state index in [2.05, 4.69) is 0 Å². The average Bonchev–Trinajstić information content (AvgIpc) is 3.33. The minimum Gasteiger partial charge on any atom is -0.481 e. The lowest BCUT2D eigenvalue weighted by atomic mass is 9.96. The van der Waals surface area contributed by atoms with Gasteiger partial charge >= 0.3 is 11.9 Å². The second kappa shape index (κ2) is 6.29. The number of carbonyl (C=O) groups excluding carboxylic acids is 1. The number of esters is 1. The molecule has 0 aromatic heterocycles. The predicted molar refractivity (Wildman–Crippen MR) is 81.4 cm³/mol. The molecular formula is C15H19NO6S. The first-order chi connectivity index (χ1) is 10.7. The summed E-state index contributed by atoms with van der Waals surface area (Å²) in [6.45, 7) is -0.106. The first-order valence-corrected chi connectivity index (χ1v) is 8.55. The number of ether oxygens (including phenoxy) is 1. The number of carboxylic acid groups (broad SMARTS) is 1. The second-order valence-electron chi connectivity index (χ2n) is 5.57. The average molecular weight is 341 g/mol. The van der Waals surface area contributed by atoms with E-state index in [1.807, 2.05) is 0 Å². The molecule has 0 saturated heterocycles. The van der Waals surface area contributed by atoms with Gasteiger partial charge in [0.15, 0.2) is 0 Å². The van der Waals surface area contributed by atoms with Gasteiger partial charge in [-0.2, -0.15) is 0 Å². The molecule has 1 fully saturated rings. The monoisotopic (exact) mass is 341 g/mol. The van der Waals surface area contributed by atoms with Crippen LogP contribution in [0.2, 0.25) is 0 Å². The second-order valence-corrected chi connectivity index (χ2v) is 7.61. The minimum absolute atomic E-state index is 0.0646. The van der Waals surface area contributed by atoms with Gasteiger partial charge in [-0.1, -0.05) is 12.1 Å². The zero-order valence-corrected chi connectivity index (χ0v) is 13.8. The Hall–Kier alpha value is -1.93. The third-order valence-electron chi connectivity index (χ3n) is 4.08. The molecule has 8 heteroatoms. The van der Waals surface area contributed by atoms with E-state index in [1.54, 1.807) is 12.1 Å². The van der Waals surface area contributed by atoms with Gasteiger partial charge in [0.25, 0.3) is 0 Å². The number of hydrogen-bond donors (Lipinski definition) is 1. The summed E-state index contributed by atoms with van der Waals surface area (Å²) in [6, 6.07) is 6.10. The summed E-state index contributed by atoms with van der Waals surface area (Å²) in [5, 5.41) is 8.64. The summed E-state index contributed by atoms with van der Waals surface area (Å²) in [7, 11) is -1.08. The molecule has 0 atom stereocenters. The van der Waals surface area contributed by atoms with E-state index in [0.29, 0.717) is 12.8 Å². The molecule has 0 amide bonds. The fourth-order valence-electron chi connectivity index (χ4n) is 2.43. The number of methoxy groups -OCH3 is 1. The van der Waals surface area contributed by atoms with Crippen molar-refractivity contribution in [3.8, 4) is 0 Å². The zero-order valence-electron chi connectivity index (χ0n) is 13.0. The van der Waals surface area contributed by atoms with E-state index in [9.17, 15) is 18.0 Å². The van der Waals surface area contributed by atoms with Crippen molar-refractivity contribution in [2.75, 3.05) is 20.7 Å². The van der Waals surface area contributed by atoms with Gasteiger partial charge in [-0.3, -0.25) is 9.59 Å². The van der Waals surface area contributed by atoms with Gasteiger partial charge < -0.3 is 9.84 Å². The molecule has 0 spiro atoms. The molecule has 1 saturated carbocycles. The highest BCUT2D eigenvalue weighted by Crippen LogP contribution is 2.49. The molecule has 0 heterocycles. The fraction of sp³-hybridized carbons (Fsp3) is 0.467. The molecule has 0 radical (unpaired) electrons. The van der Waals surface area contributed by atoms with Crippen molar-refractivity contribution in [3.63, 3.8) is 0 Å². The van der Waals surface area contributed by atoms with Gasteiger partial charge in [0.1, 0.15) is 0 Å². The Morgan fingerprint density at radius 3 is 2.26 bits per heavy atom. The van der Waals surface area contributed by atoms with Crippen LogP contribution in [0, 0.1) is 0 Å². The maximum atomic E-state index is 12.4. The van der Waals surface area contributed by atoms with Crippen molar-refractivity contribution >= 4 is 22.0 Å². The normalized spacial score (nSPS) is 16.1. The van der Waals surface area contributed by atoms with Gasteiger partial charge in [-0.05, 0) is 30.5 Å². The molecule has 23 heavy (non-hydrogen) atoms. The van der Waals surface area contributed by atoms with E-state index in [4.69, 9.17) is 9.84 Å². The van der Waals surface area contributed by atoms with Gasteiger partial charge in [0.2, 0.25) is 10.0 Å². The summed E-state index contributed by atoms with van der Waals surface area (Å²) in [4.78, 5) is 22.5. The van der Waals surface area contributed by atoms with E-state index < -0.39 is 21.4 Å². The Morgan fingerprint density at radius 2 is 1.83 bits per heavy atom. The largest absolute Gasteiger partial charge is 0.481 e. The van der Waals surface area contributed by atoms with Crippen molar-refractivity contribution in [2.24, 2.45) is 0 Å². The summed E-state index contributed by atoms with van der Waals surface area (Å²) in [5.41, 5.74) is 0.0863.